The lowest BCUT2D eigenvalue weighted by molar-refractivity contribution is 0.183. The summed E-state index contributed by atoms with van der Waals surface area (Å²) in [5.74, 6) is 0. The van der Waals surface area contributed by atoms with Gasteiger partial charge in [-0.3, -0.25) is 0 Å². The summed E-state index contributed by atoms with van der Waals surface area (Å²) in [5.41, 5.74) is 1.24. The molecule has 2 fully saturated rings. The van der Waals surface area contributed by atoms with Crippen LogP contribution in [0, 0.1) is 0 Å². The first-order valence-electron chi connectivity index (χ1n) is 7.25. The molecular formula is C16H20N2S. The maximum Gasteiger partial charge on any atom is 0.0454 e. The standard InChI is InChI=1S/C16H20N2S/c1-18-12-2-3-13(18)10-15(9-12)19-14-4-5-16-11(8-14)6-7-17-16/h4-8,12-13,15,17H,2-3,9-10H2,1H3/t12-,13+,15-. The molecule has 2 aliphatic heterocycles. The molecule has 1 aromatic heterocycles. The van der Waals surface area contributed by atoms with Crippen LogP contribution in [0.25, 0.3) is 10.9 Å². The van der Waals surface area contributed by atoms with Crippen LogP contribution in [0.5, 0.6) is 0 Å². The summed E-state index contributed by atoms with van der Waals surface area (Å²) in [4.78, 5) is 7.31. The number of H-pyrrole nitrogens is 1. The molecule has 3 heterocycles. The highest BCUT2D eigenvalue weighted by Gasteiger charge is 2.38. The molecule has 0 spiro atoms. The van der Waals surface area contributed by atoms with Gasteiger partial charge in [0.15, 0.2) is 0 Å². The van der Waals surface area contributed by atoms with Crippen molar-refractivity contribution in [3.8, 4) is 0 Å². The Morgan fingerprint density at radius 1 is 1.16 bits per heavy atom. The fourth-order valence-electron chi connectivity index (χ4n) is 3.75. The minimum absolute atomic E-state index is 0.810. The Morgan fingerprint density at radius 2 is 1.95 bits per heavy atom. The van der Waals surface area contributed by atoms with Crippen molar-refractivity contribution in [2.45, 2.75) is 47.9 Å². The van der Waals surface area contributed by atoms with Gasteiger partial charge in [0.2, 0.25) is 0 Å². The number of aromatic amines is 1. The van der Waals surface area contributed by atoms with Gasteiger partial charge >= 0.3 is 0 Å². The first-order valence-corrected chi connectivity index (χ1v) is 8.13. The average Bonchev–Trinajstić information content (AvgIpc) is 2.92. The van der Waals surface area contributed by atoms with Crippen LogP contribution in [-0.4, -0.2) is 34.3 Å². The van der Waals surface area contributed by atoms with Crippen molar-refractivity contribution in [3.05, 3.63) is 30.5 Å². The Kier molecular flexibility index (Phi) is 2.85. The molecule has 2 saturated heterocycles. The molecule has 1 aromatic carbocycles. The van der Waals surface area contributed by atoms with Crippen molar-refractivity contribution < 1.29 is 0 Å². The lowest BCUT2D eigenvalue weighted by atomic mass is 10.0. The molecule has 3 atom stereocenters. The largest absolute Gasteiger partial charge is 0.361 e. The summed E-state index contributed by atoms with van der Waals surface area (Å²) in [6.45, 7) is 0. The van der Waals surface area contributed by atoms with Crippen LogP contribution >= 0.6 is 11.8 Å². The zero-order valence-electron chi connectivity index (χ0n) is 11.3. The molecule has 19 heavy (non-hydrogen) atoms. The third-order valence-corrected chi connectivity index (χ3v) is 6.13. The minimum atomic E-state index is 0.810. The van der Waals surface area contributed by atoms with Gasteiger partial charge in [0, 0.05) is 39.3 Å². The predicted octanol–water partition coefficient (Wildman–Crippen LogP) is 3.89. The number of aromatic nitrogens is 1. The van der Waals surface area contributed by atoms with E-state index in [1.54, 1.807) is 0 Å². The van der Waals surface area contributed by atoms with Gasteiger partial charge < -0.3 is 9.88 Å². The van der Waals surface area contributed by atoms with E-state index in [4.69, 9.17) is 0 Å². The van der Waals surface area contributed by atoms with Crippen LogP contribution in [0.2, 0.25) is 0 Å². The van der Waals surface area contributed by atoms with Gasteiger partial charge in [0.25, 0.3) is 0 Å². The summed E-state index contributed by atoms with van der Waals surface area (Å²) >= 11 is 2.09. The van der Waals surface area contributed by atoms with Crippen LogP contribution in [0.15, 0.2) is 35.4 Å². The Balaban J connectivity index is 1.52. The summed E-state index contributed by atoms with van der Waals surface area (Å²) in [6.07, 6.45) is 7.57. The zero-order chi connectivity index (χ0) is 12.8. The first kappa shape index (κ1) is 11.9. The topological polar surface area (TPSA) is 19.0 Å². The van der Waals surface area contributed by atoms with E-state index in [2.05, 4.69) is 53.0 Å². The van der Waals surface area contributed by atoms with Crippen molar-refractivity contribution in [1.82, 2.24) is 9.88 Å². The highest BCUT2D eigenvalue weighted by molar-refractivity contribution is 8.00. The molecule has 2 nitrogen and oxygen atoms in total. The van der Waals surface area contributed by atoms with E-state index in [1.807, 2.05) is 6.20 Å². The number of nitrogens with zero attached hydrogens (tertiary/aromatic N) is 1. The molecule has 0 aliphatic carbocycles. The second-order valence-corrected chi connectivity index (χ2v) is 7.36. The summed E-state index contributed by atoms with van der Waals surface area (Å²) in [7, 11) is 2.31. The summed E-state index contributed by atoms with van der Waals surface area (Å²) in [6, 6.07) is 10.7. The van der Waals surface area contributed by atoms with Crippen LogP contribution in [0.1, 0.15) is 25.7 Å². The van der Waals surface area contributed by atoms with Gasteiger partial charge in [-0.1, -0.05) is 0 Å². The molecule has 0 unspecified atom stereocenters. The molecule has 0 saturated carbocycles. The van der Waals surface area contributed by atoms with Crippen LogP contribution in [-0.2, 0) is 0 Å². The molecule has 0 radical (unpaired) electrons. The quantitative estimate of drug-likeness (QED) is 0.894. The van der Waals surface area contributed by atoms with Crippen molar-refractivity contribution >= 4 is 22.7 Å². The molecule has 4 rings (SSSR count). The van der Waals surface area contributed by atoms with E-state index in [-0.39, 0.29) is 0 Å². The van der Waals surface area contributed by atoms with Crippen molar-refractivity contribution in [2.75, 3.05) is 7.05 Å². The van der Waals surface area contributed by atoms with E-state index in [0.717, 1.165) is 17.3 Å². The van der Waals surface area contributed by atoms with Gasteiger partial charge in [-0.25, -0.2) is 0 Å². The Morgan fingerprint density at radius 3 is 2.74 bits per heavy atom. The molecule has 2 bridgehead atoms. The zero-order valence-corrected chi connectivity index (χ0v) is 12.1. The number of fused-ring (bicyclic) bond motifs is 3. The first-order chi connectivity index (χ1) is 9.29. The molecule has 1 N–H and O–H groups in total. The smallest absolute Gasteiger partial charge is 0.0454 e. The molecular weight excluding hydrogens is 252 g/mol. The van der Waals surface area contributed by atoms with Crippen molar-refractivity contribution in [3.63, 3.8) is 0 Å². The lowest BCUT2D eigenvalue weighted by Gasteiger charge is -2.36. The third-order valence-electron chi connectivity index (χ3n) is 4.88. The predicted molar refractivity (Wildman–Crippen MR) is 81.8 cm³/mol. The second-order valence-electron chi connectivity index (χ2n) is 5.99. The van der Waals surface area contributed by atoms with Crippen molar-refractivity contribution in [2.24, 2.45) is 0 Å². The van der Waals surface area contributed by atoms with E-state index >= 15 is 0 Å². The number of hydrogen-bond acceptors (Lipinski definition) is 2. The fourth-order valence-corrected chi connectivity index (χ4v) is 5.12. The van der Waals surface area contributed by atoms with Gasteiger partial charge in [-0.05, 0) is 57.0 Å². The SMILES string of the molecule is CN1[C@@H]2CC[C@H]1C[C@H](Sc1ccc3[nH]ccc3c1)C2. The molecule has 0 amide bonds. The van der Waals surface area contributed by atoms with E-state index in [0.29, 0.717) is 0 Å². The summed E-state index contributed by atoms with van der Waals surface area (Å²) < 4.78 is 0. The van der Waals surface area contributed by atoms with E-state index in [9.17, 15) is 0 Å². The molecule has 2 aliphatic rings. The maximum atomic E-state index is 3.26. The highest BCUT2D eigenvalue weighted by Crippen LogP contribution is 2.41. The van der Waals surface area contributed by atoms with E-state index in [1.165, 1.54) is 41.5 Å². The molecule has 2 aromatic rings. The lowest BCUT2D eigenvalue weighted by Crippen LogP contribution is -2.40. The Bertz CT molecular complexity index is 577. The molecule has 100 valence electrons. The number of thioether (sulfide) groups is 1. The maximum absolute atomic E-state index is 3.26. The second kappa shape index (κ2) is 4.57. The number of rotatable bonds is 2. The van der Waals surface area contributed by atoms with Gasteiger partial charge in [0.1, 0.15) is 0 Å². The normalized spacial score (nSPS) is 31.1. The highest BCUT2D eigenvalue weighted by atomic mass is 32.2. The fraction of sp³-hybridized carbons (Fsp3) is 0.500. The van der Waals surface area contributed by atoms with Crippen LogP contribution in [0.3, 0.4) is 0 Å². The van der Waals surface area contributed by atoms with Gasteiger partial charge in [-0.15, -0.1) is 11.8 Å². The Labute approximate surface area is 118 Å². The van der Waals surface area contributed by atoms with Crippen LogP contribution < -0.4 is 0 Å². The number of hydrogen-bond donors (Lipinski definition) is 1. The minimum Gasteiger partial charge on any atom is -0.361 e. The number of piperidine rings is 1. The average molecular weight is 272 g/mol. The number of benzene rings is 1. The third kappa shape index (κ3) is 2.09. The van der Waals surface area contributed by atoms with Gasteiger partial charge in [-0.2, -0.15) is 0 Å². The monoisotopic (exact) mass is 272 g/mol. The van der Waals surface area contributed by atoms with Crippen LogP contribution in [0.4, 0.5) is 0 Å². The van der Waals surface area contributed by atoms with E-state index < -0.39 is 0 Å². The number of nitrogens with one attached hydrogen (secondary N) is 1. The summed E-state index contributed by atoms with van der Waals surface area (Å²) in [5, 5.41) is 2.14. The van der Waals surface area contributed by atoms with Crippen molar-refractivity contribution in [1.29, 1.82) is 0 Å². The molecule has 3 heteroatoms. The van der Waals surface area contributed by atoms with Gasteiger partial charge in [0.05, 0.1) is 0 Å². The Hall–Kier alpha value is -0.930.